The Morgan fingerprint density at radius 2 is 2.07 bits per heavy atom. The second-order valence-corrected chi connectivity index (χ2v) is 9.25. The van der Waals surface area contributed by atoms with Crippen molar-refractivity contribution in [2.45, 2.75) is 70.6 Å². The molecule has 30 heavy (non-hydrogen) atoms. The number of likely N-dealkylation sites (tertiary alicyclic amines) is 1. The van der Waals surface area contributed by atoms with Crippen LogP contribution < -0.4 is 5.32 Å². The minimum atomic E-state index is -0.543. The fourth-order valence-electron chi connectivity index (χ4n) is 4.60. The van der Waals surface area contributed by atoms with Crippen molar-refractivity contribution in [3.05, 3.63) is 47.8 Å². The molecule has 2 heterocycles. The summed E-state index contributed by atoms with van der Waals surface area (Å²) in [7, 11) is 0. The summed E-state index contributed by atoms with van der Waals surface area (Å²) in [5.41, 5.74) is 0.501. The number of nitrogens with one attached hydrogen (secondary N) is 1. The maximum atomic E-state index is 12.7. The van der Waals surface area contributed by atoms with Crippen LogP contribution in [0.25, 0.3) is 0 Å². The van der Waals surface area contributed by atoms with Gasteiger partial charge in [-0.25, -0.2) is 4.79 Å². The maximum absolute atomic E-state index is 12.7. The van der Waals surface area contributed by atoms with Crippen LogP contribution in [0.3, 0.4) is 0 Å². The Bertz CT molecular complexity index is 833. The molecule has 0 radical (unpaired) electrons. The van der Waals surface area contributed by atoms with Crippen LogP contribution in [0.1, 0.15) is 52.9 Å². The third kappa shape index (κ3) is 4.40. The molecule has 0 aromatic rings. The molecule has 3 atom stereocenters. The highest BCUT2D eigenvalue weighted by Crippen LogP contribution is 2.42. The van der Waals surface area contributed by atoms with Gasteiger partial charge in [-0.3, -0.25) is 4.79 Å². The van der Waals surface area contributed by atoms with Gasteiger partial charge >= 0.3 is 6.09 Å². The molecule has 4 aliphatic rings. The van der Waals surface area contributed by atoms with Crippen LogP contribution >= 0.6 is 0 Å². The third-order valence-electron chi connectivity index (χ3n) is 5.96. The number of hydrogen-bond donors (Lipinski definition) is 1. The molecule has 0 aromatic heterocycles. The summed E-state index contributed by atoms with van der Waals surface area (Å²) < 4.78 is 16.7. The lowest BCUT2D eigenvalue weighted by Crippen LogP contribution is -2.51. The van der Waals surface area contributed by atoms with Gasteiger partial charge in [-0.05, 0) is 64.4 Å². The smallest absolute Gasteiger partial charge is 0.410 e. The molecule has 1 N–H and O–H groups in total. The summed E-state index contributed by atoms with van der Waals surface area (Å²) in [6, 6.07) is 0.140. The van der Waals surface area contributed by atoms with E-state index in [1.165, 1.54) is 12.5 Å². The van der Waals surface area contributed by atoms with Gasteiger partial charge in [-0.2, -0.15) is 0 Å². The molecule has 1 saturated carbocycles. The highest BCUT2D eigenvalue weighted by atomic mass is 16.6. The second-order valence-electron chi connectivity index (χ2n) is 9.25. The summed E-state index contributed by atoms with van der Waals surface area (Å²) in [5.74, 6) is 0.769. The fraction of sp³-hybridized carbons (Fsp3) is 0.565. The number of rotatable bonds is 4. The fourth-order valence-corrected chi connectivity index (χ4v) is 4.60. The predicted molar refractivity (Wildman–Crippen MR) is 111 cm³/mol. The molecule has 0 aromatic carbocycles. The Morgan fingerprint density at radius 3 is 2.73 bits per heavy atom. The summed E-state index contributed by atoms with van der Waals surface area (Å²) in [4.78, 5) is 27.1. The Balaban J connectivity index is 1.33. The van der Waals surface area contributed by atoms with Crippen molar-refractivity contribution in [3.8, 4) is 0 Å². The number of carbonyl (C=O) groups is 2. The molecule has 7 nitrogen and oxygen atoms in total. The zero-order valence-electron chi connectivity index (χ0n) is 17.8. The molecule has 0 unspecified atom stereocenters. The first-order valence-corrected chi connectivity index (χ1v) is 10.7. The van der Waals surface area contributed by atoms with Crippen molar-refractivity contribution < 1.29 is 23.8 Å². The van der Waals surface area contributed by atoms with Gasteiger partial charge in [0.1, 0.15) is 18.1 Å². The summed E-state index contributed by atoms with van der Waals surface area (Å²) in [5, 5.41) is 2.90. The highest BCUT2D eigenvalue weighted by molar-refractivity contribution is 5.91. The van der Waals surface area contributed by atoms with E-state index >= 15 is 0 Å². The minimum absolute atomic E-state index is 0.0575. The quantitative estimate of drug-likeness (QED) is 0.755. The standard InChI is InChI=1S/C23H30N2O5/c1-23(2,3)30-22(27)25-17-10-9-16(11-17)18(25)12-24-21(26)20-14-28-19(13-29-20)15-7-5-4-6-8-15/h4-5,7,13-14,16-18H,6,8-12H2,1-3H3,(H,24,26)/t16-,17+,18+/m0/s1. The zero-order chi connectivity index (χ0) is 21.3. The SMILES string of the molecule is CC(C)(C)OC(=O)N1[C@@H]2CC[C@@H](C2)[C@H]1CNC(=O)C1=COC(C2=CC=CCC2)=CO1. The minimum Gasteiger partial charge on any atom is -0.457 e. The van der Waals surface area contributed by atoms with Gasteiger partial charge in [0.2, 0.25) is 5.76 Å². The predicted octanol–water partition coefficient (Wildman–Crippen LogP) is 3.90. The van der Waals surface area contributed by atoms with E-state index in [1.807, 2.05) is 37.8 Å². The van der Waals surface area contributed by atoms with Gasteiger partial charge in [-0.1, -0.05) is 18.2 Å². The summed E-state index contributed by atoms with van der Waals surface area (Å²) in [6.07, 6.45) is 13.5. The van der Waals surface area contributed by atoms with E-state index < -0.39 is 5.60 Å². The Morgan fingerprint density at radius 1 is 1.23 bits per heavy atom. The Kier molecular flexibility index (Phi) is 5.62. The lowest BCUT2D eigenvalue weighted by Gasteiger charge is -2.36. The van der Waals surface area contributed by atoms with Crippen LogP contribution in [0, 0.1) is 5.92 Å². The number of hydrogen-bond acceptors (Lipinski definition) is 5. The van der Waals surface area contributed by atoms with Crippen molar-refractivity contribution in [2.75, 3.05) is 6.54 Å². The van der Waals surface area contributed by atoms with Gasteiger partial charge < -0.3 is 24.4 Å². The average Bonchev–Trinajstić information content (AvgIpc) is 3.33. The normalized spacial score (nSPS) is 27.5. The van der Waals surface area contributed by atoms with Crippen molar-refractivity contribution in [3.63, 3.8) is 0 Å². The summed E-state index contributed by atoms with van der Waals surface area (Å²) >= 11 is 0. The first-order chi connectivity index (χ1) is 14.3. The van der Waals surface area contributed by atoms with Crippen LogP contribution in [0.2, 0.25) is 0 Å². The number of nitrogens with zero attached hydrogens (tertiary/aromatic N) is 1. The van der Waals surface area contributed by atoms with Crippen molar-refractivity contribution >= 4 is 12.0 Å². The highest BCUT2D eigenvalue weighted by Gasteiger charge is 2.49. The van der Waals surface area contributed by atoms with Crippen molar-refractivity contribution in [1.29, 1.82) is 0 Å². The molecule has 4 rings (SSSR count). The van der Waals surface area contributed by atoms with E-state index in [0.717, 1.165) is 37.7 Å². The third-order valence-corrected chi connectivity index (χ3v) is 5.96. The molecule has 2 aliphatic heterocycles. The van der Waals surface area contributed by atoms with Crippen molar-refractivity contribution in [1.82, 2.24) is 10.2 Å². The molecule has 162 valence electrons. The number of amides is 2. The first-order valence-electron chi connectivity index (χ1n) is 10.7. The lowest BCUT2D eigenvalue weighted by molar-refractivity contribution is -0.120. The topological polar surface area (TPSA) is 77.1 Å². The second kappa shape index (κ2) is 8.20. The maximum Gasteiger partial charge on any atom is 0.410 e. The molecule has 2 amide bonds. The molecule has 2 bridgehead atoms. The van der Waals surface area contributed by atoms with Crippen LogP contribution in [0.5, 0.6) is 0 Å². The molecule has 7 heteroatoms. The van der Waals surface area contributed by atoms with E-state index in [-0.39, 0.29) is 29.8 Å². The van der Waals surface area contributed by atoms with Gasteiger partial charge in [-0.15, -0.1) is 0 Å². The van der Waals surface area contributed by atoms with Gasteiger partial charge in [0, 0.05) is 12.6 Å². The van der Waals surface area contributed by atoms with Crippen LogP contribution in [0.15, 0.2) is 47.8 Å². The molecule has 2 fully saturated rings. The van der Waals surface area contributed by atoms with Crippen LogP contribution in [-0.4, -0.2) is 41.1 Å². The summed E-state index contributed by atoms with van der Waals surface area (Å²) in [6.45, 7) is 5.96. The number of piperidine rings is 1. The van der Waals surface area contributed by atoms with E-state index in [4.69, 9.17) is 14.2 Å². The van der Waals surface area contributed by atoms with Crippen LogP contribution in [-0.2, 0) is 19.0 Å². The van der Waals surface area contributed by atoms with Crippen LogP contribution in [0.4, 0.5) is 4.79 Å². The number of fused-ring (bicyclic) bond motifs is 2. The van der Waals surface area contributed by atoms with Gasteiger partial charge in [0.15, 0.2) is 5.76 Å². The van der Waals surface area contributed by atoms with E-state index in [9.17, 15) is 9.59 Å². The van der Waals surface area contributed by atoms with Gasteiger partial charge in [0.05, 0.1) is 6.04 Å². The molecule has 0 spiro atoms. The first kappa shape index (κ1) is 20.6. The number of ether oxygens (including phenoxy) is 3. The molecule has 1 saturated heterocycles. The monoisotopic (exact) mass is 414 g/mol. The molecular formula is C23H30N2O5. The largest absolute Gasteiger partial charge is 0.457 e. The van der Waals surface area contributed by atoms with E-state index in [0.29, 0.717) is 18.2 Å². The van der Waals surface area contributed by atoms with Gasteiger partial charge in [0.25, 0.3) is 5.91 Å². The molecule has 2 aliphatic carbocycles. The zero-order valence-corrected chi connectivity index (χ0v) is 17.8. The lowest BCUT2D eigenvalue weighted by atomic mass is 9.99. The number of allylic oxidation sites excluding steroid dienone is 4. The molecular weight excluding hydrogens is 384 g/mol. The average molecular weight is 415 g/mol. The Hall–Kier alpha value is -2.70. The number of carbonyl (C=O) groups excluding carboxylic acids is 2. The Labute approximate surface area is 177 Å². The van der Waals surface area contributed by atoms with E-state index in [2.05, 4.69) is 11.4 Å². The van der Waals surface area contributed by atoms with Crippen molar-refractivity contribution in [2.24, 2.45) is 5.92 Å². The van der Waals surface area contributed by atoms with E-state index in [1.54, 1.807) is 0 Å².